The predicted octanol–water partition coefficient (Wildman–Crippen LogP) is 0.0243. The molecule has 136 valence electrons. The third kappa shape index (κ3) is 2.91. The minimum absolute atomic E-state index is 0.253. The minimum Gasteiger partial charge on any atom is -0.393 e. The molecular weight excluding hydrogens is 358 g/mol. The number of aliphatic hydroxyl groups excluding tert-OH is 2. The first kappa shape index (κ1) is 16.9. The first-order valence-corrected chi connectivity index (χ1v) is 9.06. The first-order chi connectivity index (χ1) is 12.6. The number of hydrogen-bond acceptors (Lipinski definition) is 7. The fraction of sp³-hybridized carbons (Fsp3) is 0.375. The molecule has 0 fully saturated rings. The van der Waals surface area contributed by atoms with E-state index < -0.39 is 18.3 Å². The van der Waals surface area contributed by atoms with E-state index in [-0.39, 0.29) is 11.6 Å². The average Bonchev–Trinajstić information content (AvgIpc) is 3.21. The summed E-state index contributed by atoms with van der Waals surface area (Å²) in [5.41, 5.74) is 1.01. The van der Waals surface area contributed by atoms with Crippen molar-refractivity contribution >= 4 is 22.2 Å². The van der Waals surface area contributed by atoms with Crippen molar-refractivity contribution in [1.29, 1.82) is 0 Å². The van der Waals surface area contributed by atoms with E-state index in [4.69, 9.17) is 5.11 Å². The van der Waals surface area contributed by atoms with Crippen molar-refractivity contribution in [3.63, 3.8) is 0 Å². The standard InChI is InChI=1S/C16H17N5O4S/c22-9-13(23)11-6-10-8-19(2-1-3-21(10)18-11)15(25)12-7-14(24)17-16-20(12)4-5-26-16/h4-7,13,22-23H,1-3,8-9H2. The zero-order chi connectivity index (χ0) is 18.3. The van der Waals surface area contributed by atoms with Gasteiger partial charge in [-0.1, -0.05) is 0 Å². The van der Waals surface area contributed by atoms with Crippen LogP contribution < -0.4 is 5.56 Å². The molecule has 1 aliphatic rings. The van der Waals surface area contributed by atoms with E-state index in [9.17, 15) is 14.7 Å². The lowest BCUT2D eigenvalue weighted by atomic mass is 10.2. The molecule has 9 nitrogen and oxygen atoms in total. The fourth-order valence-corrected chi connectivity index (χ4v) is 3.81. The highest BCUT2D eigenvalue weighted by Gasteiger charge is 2.25. The van der Waals surface area contributed by atoms with Crippen molar-refractivity contribution in [2.75, 3.05) is 13.2 Å². The monoisotopic (exact) mass is 375 g/mol. The number of nitrogens with zero attached hydrogens (tertiary/aromatic N) is 5. The van der Waals surface area contributed by atoms with Crippen molar-refractivity contribution in [3.05, 3.63) is 51.1 Å². The summed E-state index contributed by atoms with van der Waals surface area (Å²) in [4.78, 5) is 30.9. The quantitative estimate of drug-likeness (QED) is 0.668. The van der Waals surface area contributed by atoms with Crippen LogP contribution in [0.2, 0.25) is 0 Å². The SMILES string of the molecule is O=C(c1cc(=O)nc2sccn12)N1CCCn2nc(C(O)CO)cc2C1. The van der Waals surface area contributed by atoms with E-state index in [2.05, 4.69) is 10.1 Å². The van der Waals surface area contributed by atoms with Crippen molar-refractivity contribution in [3.8, 4) is 0 Å². The van der Waals surface area contributed by atoms with Crippen LogP contribution in [0, 0.1) is 0 Å². The number of hydrogen-bond donors (Lipinski definition) is 2. The van der Waals surface area contributed by atoms with Gasteiger partial charge in [0.05, 0.1) is 24.5 Å². The second-order valence-corrected chi connectivity index (χ2v) is 6.97. The maximum Gasteiger partial charge on any atom is 0.274 e. The van der Waals surface area contributed by atoms with Crippen LogP contribution in [-0.2, 0) is 13.1 Å². The van der Waals surface area contributed by atoms with Crippen LogP contribution in [0.1, 0.15) is 34.4 Å². The Morgan fingerprint density at radius 2 is 2.19 bits per heavy atom. The lowest BCUT2D eigenvalue weighted by molar-refractivity contribution is 0.0737. The number of fused-ring (bicyclic) bond motifs is 2. The molecule has 2 N–H and O–H groups in total. The van der Waals surface area contributed by atoms with Gasteiger partial charge in [-0.05, 0) is 12.5 Å². The third-order valence-corrected chi connectivity index (χ3v) is 5.13. The number of carbonyl (C=O) groups excluding carboxylic acids is 1. The van der Waals surface area contributed by atoms with Gasteiger partial charge >= 0.3 is 0 Å². The summed E-state index contributed by atoms with van der Waals surface area (Å²) in [7, 11) is 0. The number of thiazole rings is 1. The van der Waals surface area contributed by atoms with Gasteiger partial charge in [0.15, 0.2) is 4.96 Å². The second-order valence-electron chi connectivity index (χ2n) is 6.10. The van der Waals surface area contributed by atoms with E-state index in [1.807, 2.05) is 0 Å². The Labute approximate surface area is 151 Å². The molecule has 0 spiro atoms. The van der Waals surface area contributed by atoms with E-state index in [0.717, 1.165) is 5.69 Å². The zero-order valence-corrected chi connectivity index (χ0v) is 14.6. The highest BCUT2D eigenvalue weighted by atomic mass is 32.1. The molecule has 1 unspecified atom stereocenters. The van der Waals surface area contributed by atoms with Crippen molar-refractivity contribution in [2.45, 2.75) is 25.6 Å². The van der Waals surface area contributed by atoms with E-state index >= 15 is 0 Å². The Morgan fingerprint density at radius 1 is 1.35 bits per heavy atom. The van der Waals surface area contributed by atoms with Gasteiger partial charge in [0.25, 0.3) is 11.5 Å². The minimum atomic E-state index is -1.04. The van der Waals surface area contributed by atoms with Crippen LogP contribution in [0.25, 0.3) is 4.96 Å². The summed E-state index contributed by atoms with van der Waals surface area (Å²) < 4.78 is 3.37. The van der Waals surface area contributed by atoms with E-state index in [0.29, 0.717) is 36.7 Å². The van der Waals surface area contributed by atoms with Gasteiger partial charge in [-0.3, -0.25) is 18.7 Å². The molecule has 0 aliphatic carbocycles. The number of aromatic nitrogens is 4. The molecule has 4 rings (SSSR count). The van der Waals surface area contributed by atoms with Gasteiger partial charge in [-0.25, -0.2) is 0 Å². The topological polar surface area (TPSA) is 113 Å². The highest BCUT2D eigenvalue weighted by molar-refractivity contribution is 7.15. The van der Waals surface area contributed by atoms with Crippen LogP contribution in [0.3, 0.4) is 0 Å². The van der Waals surface area contributed by atoms with E-state index in [1.54, 1.807) is 31.6 Å². The normalized spacial score (nSPS) is 15.7. The number of rotatable bonds is 3. The second kappa shape index (κ2) is 6.63. The molecule has 0 bridgehead atoms. The maximum absolute atomic E-state index is 13.0. The third-order valence-electron chi connectivity index (χ3n) is 4.37. The number of amides is 1. The summed E-state index contributed by atoms with van der Waals surface area (Å²) in [5.74, 6) is -0.253. The molecule has 0 aromatic carbocycles. The summed E-state index contributed by atoms with van der Waals surface area (Å²) in [6.07, 6.45) is 1.38. The van der Waals surface area contributed by atoms with Gasteiger partial charge in [0.2, 0.25) is 0 Å². The Hall–Kier alpha value is -2.56. The Bertz CT molecular complexity index is 1020. The van der Waals surface area contributed by atoms with Gasteiger partial charge in [0.1, 0.15) is 11.8 Å². The molecule has 3 aromatic rings. The average molecular weight is 375 g/mol. The molecule has 1 amide bonds. The largest absolute Gasteiger partial charge is 0.393 e. The fourth-order valence-electron chi connectivity index (χ4n) is 3.09. The van der Waals surface area contributed by atoms with Crippen molar-refractivity contribution in [1.82, 2.24) is 24.1 Å². The predicted molar refractivity (Wildman–Crippen MR) is 93.0 cm³/mol. The maximum atomic E-state index is 13.0. The molecule has 10 heteroatoms. The Morgan fingerprint density at radius 3 is 3.00 bits per heavy atom. The lowest BCUT2D eigenvalue weighted by Crippen LogP contribution is -2.33. The van der Waals surface area contributed by atoms with Crippen LogP contribution in [0.4, 0.5) is 0 Å². The number of aliphatic hydroxyl groups is 2. The molecule has 0 saturated carbocycles. The summed E-state index contributed by atoms with van der Waals surface area (Å²) >= 11 is 1.30. The van der Waals surface area contributed by atoms with Crippen molar-refractivity contribution in [2.24, 2.45) is 0 Å². The molecular formula is C16H17N5O4S. The molecule has 26 heavy (non-hydrogen) atoms. The molecule has 0 saturated heterocycles. The summed E-state index contributed by atoms with van der Waals surface area (Å²) in [6.45, 7) is 1.05. The van der Waals surface area contributed by atoms with Gasteiger partial charge < -0.3 is 15.1 Å². The Kier molecular flexibility index (Phi) is 4.31. The molecule has 1 atom stereocenters. The summed E-state index contributed by atoms with van der Waals surface area (Å²) in [6, 6.07) is 2.95. The molecule has 0 radical (unpaired) electrons. The van der Waals surface area contributed by atoms with Gasteiger partial charge in [-0.2, -0.15) is 10.1 Å². The van der Waals surface area contributed by atoms with Gasteiger partial charge in [0, 0.05) is 30.7 Å². The smallest absolute Gasteiger partial charge is 0.274 e. The molecule has 4 heterocycles. The number of aryl methyl sites for hydroxylation is 1. The van der Waals surface area contributed by atoms with Gasteiger partial charge in [-0.15, -0.1) is 11.3 Å². The van der Waals surface area contributed by atoms with Crippen LogP contribution >= 0.6 is 11.3 Å². The highest BCUT2D eigenvalue weighted by Crippen LogP contribution is 2.20. The molecule has 1 aliphatic heterocycles. The Balaban J connectivity index is 1.67. The van der Waals surface area contributed by atoms with Crippen molar-refractivity contribution < 1.29 is 15.0 Å². The van der Waals surface area contributed by atoms with Crippen LogP contribution in [0.5, 0.6) is 0 Å². The van der Waals surface area contributed by atoms with Crippen LogP contribution in [-0.4, -0.2) is 53.3 Å². The van der Waals surface area contributed by atoms with Crippen LogP contribution in [0.15, 0.2) is 28.5 Å². The number of carbonyl (C=O) groups is 1. The lowest BCUT2D eigenvalue weighted by Gasteiger charge is -2.20. The molecule has 3 aromatic heterocycles. The summed E-state index contributed by atoms with van der Waals surface area (Å²) in [5, 5.41) is 25.0. The first-order valence-electron chi connectivity index (χ1n) is 8.18. The zero-order valence-electron chi connectivity index (χ0n) is 13.8. The van der Waals surface area contributed by atoms with E-state index in [1.165, 1.54) is 17.4 Å².